The maximum atomic E-state index is 12.0. The largest absolute Gasteiger partial charge is 0.508 e. The third kappa shape index (κ3) is 3.29. The minimum Gasteiger partial charge on any atom is -0.508 e. The minimum atomic E-state index is -0.866. The summed E-state index contributed by atoms with van der Waals surface area (Å²) >= 11 is 0. The number of aromatic hydroxyl groups is 1. The third-order valence-electron chi connectivity index (χ3n) is 3.49. The molecule has 0 aromatic heterocycles. The van der Waals surface area contributed by atoms with Crippen molar-refractivity contribution in [3.05, 3.63) is 29.8 Å². The molecule has 2 N–H and O–H groups in total. The summed E-state index contributed by atoms with van der Waals surface area (Å²) in [5.74, 6) is -0.595. The number of carbonyl (C=O) groups is 2. The van der Waals surface area contributed by atoms with Gasteiger partial charge in [0.1, 0.15) is 5.75 Å². The number of hydrogen-bond donors (Lipinski definition) is 2. The molecule has 1 fully saturated rings. The Morgan fingerprint density at radius 3 is 2.75 bits per heavy atom. The minimum absolute atomic E-state index is 0.00997. The van der Waals surface area contributed by atoms with Crippen molar-refractivity contribution < 1.29 is 19.4 Å². The SMILES string of the molecule is CCOC(=O)[C@H](NC(=O)C1CCC1)c1cccc(O)c1. The molecule has 1 amide bonds. The van der Waals surface area contributed by atoms with Gasteiger partial charge in [0.2, 0.25) is 5.91 Å². The van der Waals surface area contributed by atoms with Crippen molar-refractivity contribution in [1.82, 2.24) is 5.32 Å². The van der Waals surface area contributed by atoms with Crippen molar-refractivity contribution in [3.63, 3.8) is 0 Å². The molecule has 0 spiro atoms. The van der Waals surface area contributed by atoms with E-state index in [1.165, 1.54) is 12.1 Å². The molecule has 1 aliphatic carbocycles. The van der Waals surface area contributed by atoms with Gasteiger partial charge in [-0.3, -0.25) is 4.79 Å². The Balaban J connectivity index is 2.15. The number of amides is 1. The molecule has 1 aliphatic rings. The van der Waals surface area contributed by atoms with Gasteiger partial charge in [-0.05, 0) is 37.5 Å². The number of carbonyl (C=O) groups excluding carboxylic acids is 2. The van der Waals surface area contributed by atoms with E-state index < -0.39 is 12.0 Å². The fourth-order valence-corrected chi connectivity index (χ4v) is 2.14. The highest BCUT2D eigenvalue weighted by Crippen LogP contribution is 2.28. The van der Waals surface area contributed by atoms with E-state index in [2.05, 4.69) is 5.32 Å². The van der Waals surface area contributed by atoms with Gasteiger partial charge in [-0.2, -0.15) is 0 Å². The third-order valence-corrected chi connectivity index (χ3v) is 3.49. The van der Waals surface area contributed by atoms with Gasteiger partial charge < -0.3 is 15.2 Å². The summed E-state index contributed by atoms with van der Waals surface area (Å²) in [5.41, 5.74) is 0.524. The smallest absolute Gasteiger partial charge is 0.333 e. The number of rotatable bonds is 5. The standard InChI is InChI=1S/C15H19NO4/c1-2-20-15(19)13(11-7-4-8-12(17)9-11)16-14(18)10-5-3-6-10/h4,7-10,13,17H,2-3,5-6H2,1H3,(H,16,18)/t13-/m1/s1. The predicted molar refractivity (Wildman–Crippen MR) is 73.0 cm³/mol. The number of benzene rings is 1. The molecule has 0 saturated heterocycles. The zero-order valence-corrected chi connectivity index (χ0v) is 11.5. The van der Waals surface area contributed by atoms with Gasteiger partial charge in [0.25, 0.3) is 0 Å². The van der Waals surface area contributed by atoms with Crippen molar-refractivity contribution in [2.45, 2.75) is 32.2 Å². The Bertz CT molecular complexity index is 496. The summed E-state index contributed by atoms with van der Waals surface area (Å²) < 4.78 is 5.00. The molecule has 1 saturated carbocycles. The molecule has 0 unspecified atom stereocenters. The zero-order chi connectivity index (χ0) is 14.5. The topological polar surface area (TPSA) is 75.6 Å². The molecule has 5 heteroatoms. The van der Waals surface area contributed by atoms with Crippen LogP contribution in [0.4, 0.5) is 0 Å². The summed E-state index contributed by atoms with van der Waals surface area (Å²) in [6, 6.07) is 5.42. The second kappa shape index (κ2) is 6.41. The normalized spacial score (nSPS) is 16.1. The van der Waals surface area contributed by atoms with Crippen LogP contribution in [0.3, 0.4) is 0 Å². The lowest BCUT2D eigenvalue weighted by Crippen LogP contribution is -2.40. The van der Waals surface area contributed by atoms with Gasteiger partial charge >= 0.3 is 5.97 Å². The summed E-state index contributed by atoms with van der Waals surface area (Å²) in [4.78, 5) is 24.0. The molecule has 2 rings (SSSR count). The van der Waals surface area contributed by atoms with Crippen LogP contribution in [0.25, 0.3) is 0 Å². The van der Waals surface area contributed by atoms with E-state index in [1.54, 1.807) is 19.1 Å². The lowest BCUT2D eigenvalue weighted by molar-refractivity contribution is -0.148. The Hall–Kier alpha value is -2.04. The first-order valence-corrected chi connectivity index (χ1v) is 6.87. The molecule has 5 nitrogen and oxygen atoms in total. The van der Waals surface area contributed by atoms with Crippen molar-refractivity contribution in [1.29, 1.82) is 0 Å². The monoisotopic (exact) mass is 277 g/mol. The van der Waals surface area contributed by atoms with E-state index in [9.17, 15) is 14.7 Å². The molecule has 1 aromatic rings. The number of phenols is 1. The number of hydrogen-bond acceptors (Lipinski definition) is 4. The van der Waals surface area contributed by atoms with Crippen LogP contribution in [0, 0.1) is 5.92 Å². The summed E-state index contributed by atoms with van der Waals surface area (Å²) in [6.07, 6.45) is 2.77. The molecule has 1 aromatic carbocycles. The molecular formula is C15H19NO4. The van der Waals surface area contributed by atoms with Gasteiger partial charge in [-0.25, -0.2) is 4.79 Å². The van der Waals surface area contributed by atoms with Gasteiger partial charge in [0, 0.05) is 5.92 Å². The fourth-order valence-electron chi connectivity index (χ4n) is 2.14. The van der Waals surface area contributed by atoms with Crippen molar-refractivity contribution in [2.75, 3.05) is 6.61 Å². The number of phenolic OH excluding ortho intramolecular Hbond substituents is 1. The van der Waals surface area contributed by atoms with E-state index in [-0.39, 0.29) is 24.2 Å². The zero-order valence-electron chi connectivity index (χ0n) is 11.5. The van der Waals surface area contributed by atoms with Crippen LogP contribution in [-0.4, -0.2) is 23.6 Å². The summed E-state index contributed by atoms with van der Waals surface area (Å²) in [6.45, 7) is 1.96. The molecule has 0 bridgehead atoms. The first-order valence-electron chi connectivity index (χ1n) is 6.87. The molecule has 0 radical (unpaired) electrons. The number of nitrogens with one attached hydrogen (secondary N) is 1. The lowest BCUT2D eigenvalue weighted by atomic mass is 9.84. The Morgan fingerprint density at radius 1 is 1.45 bits per heavy atom. The first kappa shape index (κ1) is 14.4. The number of esters is 1. The average molecular weight is 277 g/mol. The second-order valence-electron chi connectivity index (χ2n) is 4.92. The van der Waals surface area contributed by atoms with Crippen LogP contribution < -0.4 is 5.32 Å². The molecule has 20 heavy (non-hydrogen) atoms. The molecule has 1 atom stereocenters. The van der Waals surface area contributed by atoms with Crippen molar-refractivity contribution in [2.24, 2.45) is 5.92 Å². The fraction of sp³-hybridized carbons (Fsp3) is 0.467. The van der Waals surface area contributed by atoms with E-state index in [4.69, 9.17) is 4.74 Å². The summed E-state index contributed by atoms with van der Waals surface area (Å²) in [7, 11) is 0. The van der Waals surface area contributed by atoms with Gasteiger partial charge in [-0.15, -0.1) is 0 Å². The van der Waals surface area contributed by atoms with Crippen molar-refractivity contribution in [3.8, 4) is 5.75 Å². The van der Waals surface area contributed by atoms with E-state index in [0.29, 0.717) is 5.56 Å². The van der Waals surface area contributed by atoms with Gasteiger partial charge in [0.15, 0.2) is 6.04 Å². The average Bonchev–Trinajstić information content (AvgIpc) is 2.34. The van der Waals surface area contributed by atoms with Crippen LogP contribution >= 0.6 is 0 Å². The highest BCUT2D eigenvalue weighted by atomic mass is 16.5. The van der Waals surface area contributed by atoms with Crippen LogP contribution in [0.1, 0.15) is 37.8 Å². The van der Waals surface area contributed by atoms with Gasteiger partial charge in [0.05, 0.1) is 6.61 Å². The predicted octanol–water partition coefficient (Wildman–Crippen LogP) is 1.91. The number of ether oxygens (including phenoxy) is 1. The van der Waals surface area contributed by atoms with Crippen LogP contribution in [-0.2, 0) is 14.3 Å². The Kier molecular flexibility index (Phi) is 4.61. The lowest BCUT2D eigenvalue weighted by Gasteiger charge is -2.26. The molecule has 108 valence electrons. The van der Waals surface area contributed by atoms with E-state index in [1.807, 2.05) is 0 Å². The highest BCUT2D eigenvalue weighted by molar-refractivity contribution is 5.87. The molecular weight excluding hydrogens is 258 g/mol. The van der Waals surface area contributed by atoms with Gasteiger partial charge in [-0.1, -0.05) is 18.6 Å². The van der Waals surface area contributed by atoms with E-state index in [0.717, 1.165) is 19.3 Å². The van der Waals surface area contributed by atoms with E-state index >= 15 is 0 Å². The second-order valence-corrected chi connectivity index (χ2v) is 4.92. The Morgan fingerprint density at radius 2 is 2.20 bits per heavy atom. The maximum absolute atomic E-state index is 12.0. The quantitative estimate of drug-likeness (QED) is 0.806. The maximum Gasteiger partial charge on any atom is 0.333 e. The Labute approximate surface area is 117 Å². The highest BCUT2D eigenvalue weighted by Gasteiger charge is 2.30. The van der Waals surface area contributed by atoms with Crippen LogP contribution in [0.15, 0.2) is 24.3 Å². The molecule has 0 heterocycles. The van der Waals surface area contributed by atoms with Crippen LogP contribution in [0.5, 0.6) is 5.75 Å². The molecule has 0 aliphatic heterocycles. The van der Waals surface area contributed by atoms with Crippen LogP contribution in [0.2, 0.25) is 0 Å². The van der Waals surface area contributed by atoms with Crippen molar-refractivity contribution >= 4 is 11.9 Å². The summed E-state index contributed by atoms with van der Waals surface area (Å²) in [5, 5.41) is 12.2. The first-order chi connectivity index (χ1) is 9.61.